The van der Waals surface area contributed by atoms with Crippen molar-refractivity contribution in [3.05, 3.63) is 5.89 Å². The number of likely N-dealkylation sites (N-methyl/N-ethyl adjacent to an activating group) is 1. The second-order valence-corrected chi connectivity index (χ2v) is 4.93. The van der Waals surface area contributed by atoms with E-state index in [1.54, 1.807) is 0 Å². The van der Waals surface area contributed by atoms with Gasteiger partial charge in [-0.15, -0.1) is 0 Å². The second-order valence-electron chi connectivity index (χ2n) is 4.93. The van der Waals surface area contributed by atoms with Crippen molar-refractivity contribution in [2.24, 2.45) is 0 Å². The molecule has 2 heterocycles. The fraction of sp³-hybridized carbons (Fsp3) is 0.818. The Hall–Kier alpha value is -1.14. The second kappa shape index (κ2) is 4.62. The molecule has 1 aromatic rings. The van der Waals surface area contributed by atoms with Gasteiger partial charge in [0.25, 0.3) is 5.95 Å². The van der Waals surface area contributed by atoms with Crippen molar-refractivity contribution < 1.29 is 4.52 Å². The average molecular weight is 237 g/mol. The zero-order chi connectivity index (χ0) is 11.7. The highest BCUT2D eigenvalue weighted by Gasteiger charge is 2.22. The van der Waals surface area contributed by atoms with Gasteiger partial charge in [0.15, 0.2) is 0 Å². The molecule has 1 saturated carbocycles. The van der Waals surface area contributed by atoms with E-state index >= 15 is 0 Å². The van der Waals surface area contributed by atoms with Crippen molar-refractivity contribution in [3.8, 4) is 0 Å². The Bertz CT molecular complexity index is 368. The SMILES string of the molecule is CN1CCN(c2noc(CNC3CC3)n2)CC1. The van der Waals surface area contributed by atoms with Crippen LogP contribution in [0.25, 0.3) is 0 Å². The molecule has 2 fully saturated rings. The summed E-state index contributed by atoms with van der Waals surface area (Å²) in [6, 6.07) is 0.675. The maximum Gasteiger partial charge on any atom is 0.266 e. The summed E-state index contributed by atoms with van der Waals surface area (Å²) < 4.78 is 5.24. The summed E-state index contributed by atoms with van der Waals surface area (Å²) in [6.45, 7) is 4.77. The molecule has 1 aliphatic heterocycles. The molecule has 1 N–H and O–H groups in total. The molecular weight excluding hydrogens is 218 g/mol. The van der Waals surface area contributed by atoms with Crippen LogP contribution < -0.4 is 10.2 Å². The number of hydrogen-bond acceptors (Lipinski definition) is 6. The first-order chi connectivity index (χ1) is 8.31. The number of hydrogen-bond donors (Lipinski definition) is 1. The molecule has 6 nitrogen and oxygen atoms in total. The Labute approximate surface area is 101 Å². The maximum absolute atomic E-state index is 5.24. The maximum atomic E-state index is 5.24. The number of nitrogens with zero attached hydrogens (tertiary/aromatic N) is 4. The third-order valence-corrected chi connectivity index (χ3v) is 3.36. The van der Waals surface area contributed by atoms with Gasteiger partial charge in [0.05, 0.1) is 6.54 Å². The van der Waals surface area contributed by atoms with Crippen LogP contribution in [-0.4, -0.2) is 54.3 Å². The summed E-state index contributed by atoms with van der Waals surface area (Å²) >= 11 is 0. The highest BCUT2D eigenvalue weighted by molar-refractivity contribution is 5.28. The van der Waals surface area contributed by atoms with Crippen molar-refractivity contribution >= 4 is 5.95 Å². The minimum absolute atomic E-state index is 0.675. The number of anilines is 1. The van der Waals surface area contributed by atoms with Gasteiger partial charge in [0.2, 0.25) is 5.89 Å². The van der Waals surface area contributed by atoms with E-state index in [9.17, 15) is 0 Å². The van der Waals surface area contributed by atoms with E-state index < -0.39 is 0 Å². The van der Waals surface area contributed by atoms with E-state index in [1.165, 1.54) is 12.8 Å². The molecule has 2 aliphatic rings. The van der Waals surface area contributed by atoms with Crippen LogP contribution in [-0.2, 0) is 6.54 Å². The van der Waals surface area contributed by atoms with Crippen LogP contribution in [0.15, 0.2) is 4.52 Å². The molecule has 3 rings (SSSR count). The Morgan fingerprint density at radius 2 is 2.06 bits per heavy atom. The largest absolute Gasteiger partial charge is 0.336 e. The summed E-state index contributed by atoms with van der Waals surface area (Å²) in [5, 5.41) is 7.42. The zero-order valence-corrected chi connectivity index (χ0v) is 10.2. The molecule has 1 aromatic heterocycles. The van der Waals surface area contributed by atoms with Crippen LogP contribution in [0.4, 0.5) is 5.95 Å². The molecule has 0 amide bonds. The van der Waals surface area contributed by atoms with Crippen LogP contribution in [0.3, 0.4) is 0 Å². The Kier molecular flexibility index (Phi) is 2.98. The normalized spacial score (nSPS) is 22.1. The summed E-state index contributed by atoms with van der Waals surface area (Å²) in [4.78, 5) is 8.92. The molecule has 1 aliphatic carbocycles. The van der Waals surface area contributed by atoms with Crippen LogP contribution in [0.1, 0.15) is 18.7 Å². The quantitative estimate of drug-likeness (QED) is 0.800. The lowest BCUT2D eigenvalue weighted by Gasteiger charge is -2.31. The van der Waals surface area contributed by atoms with E-state index in [-0.39, 0.29) is 0 Å². The zero-order valence-electron chi connectivity index (χ0n) is 10.2. The van der Waals surface area contributed by atoms with Gasteiger partial charge >= 0.3 is 0 Å². The van der Waals surface area contributed by atoms with Gasteiger partial charge in [-0.2, -0.15) is 4.98 Å². The summed E-state index contributed by atoms with van der Waals surface area (Å²) in [5.41, 5.74) is 0. The van der Waals surface area contributed by atoms with Crippen molar-refractivity contribution in [3.63, 3.8) is 0 Å². The van der Waals surface area contributed by atoms with Crippen LogP contribution in [0.2, 0.25) is 0 Å². The van der Waals surface area contributed by atoms with E-state index in [0.29, 0.717) is 18.5 Å². The van der Waals surface area contributed by atoms with Crippen molar-refractivity contribution in [2.45, 2.75) is 25.4 Å². The van der Waals surface area contributed by atoms with Crippen LogP contribution in [0, 0.1) is 0 Å². The third-order valence-electron chi connectivity index (χ3n) is 3.36. The lowest BCUT2D eigenvalue weighted by Crippen LogP contribution is -2.44. The van der Waals surface area contributed by atoms with Crippen molar-refractivity contribution in [1.82, 2.24) is 20.4 Å². The van der Waals surface area contributed by atoms with Gasteiger partial charge in [-0.25, -0.2) is 0 Å². The van der Waals surface area contributed by atoms with Crippen LogP contribution >= 0.6 is 0 Å². The van der Waals surface area contributed by atoms with E-state index in [2.05, 4.69) is 32.3 Å². The number of piperazine rings is 1. The molecule has 0 radical (unpaired) electrons. The molecule has 0 bridgehead atoms. The predicted octanol–water partition coefficient (Wildman–Crippen LogP) is 0.0734. The lowest BCUT2D eigenvalue weighted by atomic mass is 10.3. The molecule has 17 heavy (non-hydrogen) atoms. The molecule has 1 saturated heterocycles. The topological polar surface area (TPSA) is 57.4 Å². The van der Waals surface area contributed by atoms with Crippen molar-refractivity contribution in [2.75, 3.05) is 38.1 Å². The van der Waals surface area contributed by atoms with Gasteiger partial charge in [0.1, 0.15) is 0 Å². The first-order valence-electron chi connectivity index (χ1n) is 6.31. The van der Waals surface area contributed by atoms with E-state index in [0.717, 1.165) is 32.1 Å². The average Bonchev–Trinajstić information content (AvgIpc) is 3.06. The van der Waals surface area contributed by atoms with Gasteiger partial charge in [0, 0.05) is 32.2 Å². The molecule has 0 unspecified atom stereocenters. The third kappa shape index (κ3) is 2.76. The molecule has 0 atom stereocenters. The molecule has 0 aromatic carbocycles. The Morgan fingerprint density at radius 1 is 1.29 bits per heavy atom. The first kappa shape index (κ1) is 11.0. The van der Waals surface area contributed by atoms with E-state index in [4.69, 9.17) is 4.52 Å². The first-order valence-corrected chi connectivity index (χ1v) is 6.31. The van der Waals surface area contributed by atoms with Gasteiger partial charge in [-0.05, 0) is 25.0 Å². The fourth-order valence-corrected chi connectivity index (χ4v) is 1.97. The van der Waals surface area contributed by atoms with Crippen LogP contribution in [0.5, 0.6) is 0 Å². The lowest BCUT2D eigenvalue weighted by molar-refractivity contribution is 0.308. The smallest absolute Gasteiger partial charge is 0.266 e. The fourth-order valence-electron chi connectivity index (χ4n) is 1.97. The van der Waals surface area contributed by atoms with Gasteiger partial charge in [-0.3, -0.25) is 0 Å². The van der Waals surface area contributed by atoms with Gasteiger partial charge < -0.3 is 19.6 Å². The Morgan fingerprint density at radius 3 is 2.76 bits per heavy atom. The molecule has 6 heteroatoms. The van der Waals surface area contributed by atoms with E-state index in [1.807, 2.05) is 0 Å². The number of rotatable bonds is 4. The molecular formula is C11H19N5O. The highest BCUT2D eigenvalue weighted by atomic mass is 16.5. The highest BCUT2D eigenvalue weighted by Crippen LogP contribution is 2.19. The molecule has 94 valence electrons. The van der Waals surface area contributed by atoms with Crippen molar-refractivity contribution in [1.29, 1.82) is 0 Å². The number of nitrogens with one attached hydrogen (secondary N) is 1. The van der Waals surface area contributed by atoms with Gasteiger partial charge in [-0.1, -0.05) is 0 Å². The predicted molar refractivity (Wildman–Crippen MR) is 63.9 cm³/mol. The Balaban J connectivity index is 1.55. The standard InChI is InChI=1S/C11H19N5O/c1-15-4-6-16(7-5-15)11-13-10(17-14-11)8-12-9-2-3-9/h9,12H,2-8H2,1H3. The minimum Gasteiger partial charge on any atom is -0.336 e. The molecule has 0 spiro atoms. The minimum atomic E-state index is 0.675. The monoisotopic (exact) mass is 237 g/mol. The summed E-state index contributed by atoms with van der Waals surface area (Å²) in [7, 11) is 2.14. The summed E-state index contributed by atoms with van der Waals surface area (Å²) in [6.07, 6.45) is 2.55. The number of aromatic nitrogens is 2. The summed E-state index contributed by atoms with van der Waals surface area (Å²) in [5.74, 6) is 1.44.